The number of anilines is 1. The fourth-order valence-electron chi connectivity index (χ4n) is 3.70. The van der Waals surface area contributed by atoms with Gasteiger partial charge in [0.1, 0.15) is 16.9 Å². The summed E-state index contributed by atoms with van der Waals surface area (Å²) in [4.78, 5) is 27.0. The molecule has 9 nitrogen and oxygen atoms in total. The molecule has 9 heteroatoms. The molecule has 0 aliphatic carbocycles. The van der Waals surface area contributed by atoms with Crippen molar-refractivity contribution < 1.29 is 23.8 Å². The van der Waals surface area contributed by atoms with Crippen molar-refractivity contribution in [1.29, 1.82) is 0 Å². The van der Waals surface area contributed by atoms with E-state index >= 15 is 0 Å². The molecule has 1 aromatic heterocycles. The van der Waals surface area contributed by atoms with E-state index in [1.54, 1.807) is 29.2 Å². The van der Waals surface area contributed by atoms with Crippen LogP contribution in [0.5, 0.6) is 17.2 Å². The second kappa shape index (κ2) is 9.41. The van der Waals surface area contributed by atoms with Crippen LogP contribution in [0.3, 0.4) is 0 Å². The van der Waals surface area contributed by atoms with Crippen LogP contribution in [0.2, 0.25) is 0 Å². The van der Waals surface area contributed by atoms with E-state index in [9.17, 15) is 14.7 Å². The lowest BCUT2D eigenvalue weighted by molar-refractivity contribution is 0.204. The van der Waals surface area contributed by atoms with Gasteiger partial charge in [0.15, 0.2) is 16.8 Å². The molecular formula is C24H27N3O6. The molecule has 3 aromatic rings. The quantitative estimate of drug-likeness (QED) is 0.543. The predicted molar refractivity (Wildman–Crippen MR) is 125 cm³/mol. The Morgan fingerprint density at radius 3 is 2.52 bits per heavy atom. The molecule has 174 valence electrons. The summed E-state index contributed by atoms with van der Waals surface area (Å²) in [7, 11) is 1.45. The molecular weight excluding hydrogens is 426 g/mol. The number of nitrogens with zero attached hydrogens (tertiary/aromatic N) is 1. The molecule has 1 aliphatic rings. The maximum atomic E-state index is 12.8. The Kier molecular flexibility index (Phi) is 6.41. The van der Waals surface area contributed by atoms with Gasteiger partial charge in [0, 0.05) is 49.6 Å². The smallest absolute Gasteiger partial charge is 0.321 e. The lowest BCUT2D eigenvalue weighted by Crippen LogP contribution is -2.48. The second-order valence-corrected chi connectivity index (χ2v) is 8.02. The van der Waals surface area contributed by atoms with Crippen molar-refractivity contribution in [2.24, 2.45) is 0 Å². The standard InChI is InChI=1S/C24H27N3O6/c1-14(2)32-22-20(31-3)13-18(29)21-17(28)12-19(33-23(21)22)15-4-6-16(7-5-15)26-24(30)27-10-8-25-9-11-27/h4-7,12-14,25,29H,8-11H2,1-3H3,(H,26,30). The van der Waals surface area contributed by atoms with E-state index in [2.05, 4.69) is 10.6 Å². The lowest BCUT2D eigenvalue weighted by atomic mass is 10.1. The van der Waals surface area contributed by atoms with E-state index in [1.165, 1.54) is 19.2 Å². The zero-order chi connectivity index (χ0) is 23.5. The molecule has 0 radical (unpaired) electrons. The largest absolute Gasteiger partial charge is 0.507 e. The minimum Gasteiger partial charge on any atom is -0.507 e. The molecule has 0 atom stereocenters. The molecule has 0 spiro atoms. The molecule has 2 amide bonds. The number of urea groups is 1. The van der Waals surface area contributed by atoms with Crippen molar-refractivity contribution in [3.63, 3.8) is 0 Å². The average molecular weight is 453 g/mol. The van der Waals surface area contributed by atoms with Gasteiger partial charge in [-0.3, -0.25) is 4.79 Å². The summed E-state index contributed by atoms with van der Waals surface area (Å²) in [6.07, 6.45) is -0.209. The number of ether oxygens (including phenoxy) is 2. The average Bonchev–Trinajstić information content (AvgIpc) is 2.81. The number of carbonyl (C=O) groups is 1. The molecule has 4 rings (SSSR count). The van der Waals surface area contributed by atoms with Crippen LogP contribution in [0, 0.1) is 0 Å². The Morgan fingerprint density at radius 1 is 1.18 bits per heavy atom. The molecule has 1 aliphatic heterocycles. The number of carbonyl (C=O) groups excluding carboxylic acids is 1. The van der Waals surface area contributed by atoms with Gasteiger partial charge < -0.3 is 34.5 Å². The number of nitrogens with one attached hydrogen (secondary N) is 2. The third-order valence-electron chi connectivity index (χ3n) is 5.30. The van der Waals surface area contributed by atoms with Crippen LogP contribution < -0.4 is 25.5 Å². The Bertz CT molecular complexity index is 1210. The molecule has 1 fully saturated rings. The third-order valence-corrected chi connectivity index (χ3v) is 5.30. The first-order valence-corrected chi connectivity index (χ1v) is 10.8. The highest BCUT2D eigenvalue weighted by atomic mass is 16.5. The predicted octanol–water partition coefficient (Wildman–Crippen LogP) is 3.40. The fraction of sp³-hybridized carbons (Fsp3) is 0.333. The normalized spacial score (nSPS) is 13.9. The maximum Gasteiger partial charge on any atom is 0.321 e. The lowest BCUT2D eigenvalue weighted by Gasteiger charge is -2.27. The van der Waals surface area contributed by atoms with Crippen LogP contribution in [0.15, 0.2) is 45.6 Å². The minimum absolute atomic E-state index is 0.0232. The molecule has 0 unspecified atom stereocenters. The Labute approximate surface area is 190 Å². The van der Waals surface area contributed by atoms with Gasteiger partial charge in [0.25, 0.3) is 0 Å². The first kappa shape index (κ1) is 22.5. The SMILES string of the molecule is COc1cc(O)c2c(=O)cc(-c3ccc(NC(=O)N4CCNCC4)cc3)oc2c1OC(C)C. The summed E-state index contributed by atoms with van der Waals surface area (Å²) in [5.74, 6) is 0.567. The van der Waals surface area contributed by atoms with Crippen molar-refractivity contribution in [3.8, 4) is 28.6 Å². The monoisotopic (exact) mass is 453 g/mol. The number of benzene rings is 2. The van der Waals surface area contributed by atoms with Gasteiger partial charge in [-0.25, -0.2) is 4.79 Å². The molecule has 0 saturated carbocycles. The summed E-state index contributed by atoms with van der Waals surface area (Å²) < 4.78 is 17.2. The first-order valence-electron chi connectivity index (χ1n) is 10.8. The van der Waals surface area contributed by atoms with Crippen LogP contribution in [0.1, 0.15) is 13.8 Å². The Hall–Kier alpha value is -3.72. The van der Waals surface area contributed by atoms with Gasteiger partial charge in [-0.15, -0.1) is 0 Å². The number of aromatic hydroxyl groups is 1. The molecule has 3 N–H and O–H groups in total. The minimum atomic E-state index is -0.406. The van der Waals surface area contributed by atoms with E-state index in [-0.39, 0.29) is 40.4 Å². The van der Waals surface area contributed by atoms with E-state index < -0.39 is 5.43 Å². The number of hydrogen-bond donors (Lipinski definition) is 3. The van der Waals surface area contributed by atoms with Crippen molar-refractivity contribution in [3.05, 3.63) is 46.6 Å². The molecule has 2 heterocycles. The molecule has 1 saturated heterocycles. The number of methoxy groups -OCH3 is 1. The topological polar surface area (TPSA) is 113 Å². The summed E-state index contributed by atoms with van der Waals surface area (Å²) in [6, 6.07) is 9.50. The highest BCUT2D eigenvalue weighted by Crippen LogP contribution is 2.41. The van der Waals surface area contributed by atoms with Crippen LogP contribution in [0.4, 0.5) is 10.5 Å². The number of phenols is 1. The fourth-order valence-corrected chi connectivity index (χ4v) is 3.70. The number of phenolic OH excluding ortho intramolecular Hbond substituents is 1. The van der Waals surface area contributed by atoms with Crippen molar-refractivity contribution in [2.75, 3.05) is 38.6 Å². The summed E-state index contributed by atoms with van der Waals surface area (Å²) in [5.41, 5.74) is 0.968. The van der Waals surface area contributed by atoms with E-state index in [4.69, 9.17) is 13.9 Å². The zero-order valence-corrected chi connectivity index (χ0v) is 18.8. The van der Waals surface area contributed by atoms with Gasteiger partial charge in [-0.2, -0.15) is 0 Å². The number of fused-ring (bicyclic) bond motifs is 1. The van der Waals surface area contributed by atoms with Gasteiger partial charge in [-0.05, 0) is 38.1 Å². The van der Waals surface area contributed by atoms with Crippen LogP contribution in [-0.4, -0.2) is 55.4 Å². The number of hydrogen-bond acceptors (Lipinski definition) is 7. The van der Waals surface area contributed by atoms with E-state index in [1.807, 2.05) is 13.8 Å². The summed E-state index contributed by atoms with van der Waals surface area (Å²) >= 11 is 0. The van der Waals surface area contributed by atoms with E-state index in [0.29, 0.717) is 30.1 Å². The van der Waals surface area contributed by atoms with Gasteiger partial charge >= 0.3 is 6.03 Å². The van der Waals surface area contributed by atoms with Crippen molar-refractivity contribution in [2.45, 2.75) is 20.0 Å². The third kappa shape index (κ3) is 4.73. The van der Waals surface area contributed by atoms with Crippen LogP contribution >= 0.6 is 0 Å². The van der Waals surface area contributed by atoms with Gasteiger partial charge in [0.05, 0.1) is 13.2 Å². The molecule has 33 heavy (non-hydrogen) atoms. The first-order chi connectivity index (χ1) is 15.9. The molecule has 2 aromatic carbocycles. The second-order valence-electron chi connectivity index (χ2n) is 8.02. The van der Waals surface area contributed by atoms with Gasteiger partial charge in [-0.1, -0.05) is 0 Å². The Morgan fingerprint density at radius 2 is 1.88 bits per heavy atom. The zero-order valence-electron chi connectivity index (χ0n) is 18.8. The summed E-state index contributed by atoms with van der Waals surface area (Å²) in [5, 5.41) is 16.5. The highest BCUT2D eigenvalue weighted by Gasteiger charge is 2.21. The van der Waals surface area contributed by atoms with Crippen molar-refractivity contribution in [1.82, 2.24) is 10.2 Å². The maximum absolute atomic E-state index is 12.8. The summed E-state index contributed by atoms with van der Waals surface area (Å²) in [6.45, 7) is 6.54. The molecule has 0 bridgehead atoms. The van der Waals surface area contributed by atoms with Crippen LogP contribution in [-0.2, 0) is 0 Å². The van der Waals surface area contributed by atoms with Gasteiger partial charge in [0.2, 0.25) is 5.75 Å². The van der Waals surface area contributed by atoms with E-state index in [0.717, 1.165) is 13.1 Å². The number of piperazine rings is 1. The number of rotatable bonds is 5. The number of amides is 2. The highest BCUT2D eigenvalue weighted by molar-refractivity contribution is 5.92. The van der Waals surface area contributed by atoms with Crippen LogP contribution in [0.25, 0.3) is 22.3 Å². The van der Waals surface area contributed by atoms with Crippen molar-refractivity contribution >= 4 is 22.7 Å². The Balaban J connectivity index is 1.68.